The first kappa shape index (κ1) is 19.2. The number of benzene rings is 1. The molecule has 138 valence electrons. The summed E-state index contributed by atoms with van der Waals surface area (Å²) in [5.41, 5.74) is 1.69. The van der Waals surface area contributed by atoms with E-state index in [0.717, 1.165) is 37.4 Å². The summed E-state index contributed by atoms with van der Waals surface area (Å²) in [6.07, 6.45) is 0.403. The third-order valence-electron chi connectivity index (χ3n) is 4.78. The first-order chi connectivity index (χ1) is 11.8. The minimum Gasteiger partial charge on any atom is -0.340 e. The third-order valence-corrected chi connectivity index (χ3v) is 4.78. The summed E-state index contributed by atoms with van der Waals surface area (Å²) in [6.45, 7) is 9.56. The van der Waals surface area contributed by atoms with Crippen molar-refractivity contribution in [3.63, 3.8) is 0 Å². The SMILES string of the molecule is CC(C)[C@H](C)NC(=O)Nc1ccc(CC(=O)N2CCN(C)CC2)cc1. The number of hydrogen-bond donors (Lipinski definition) is 2. The van der Waals surface area contributed by atoms with E-state index in [-0.39, 0.29) is 18.0 Å². The molecule has 0 saturated carbocycles. The number of anilines is 1. The van der Waals surface area contributed by atoms with Gasteiger partial charge in [-0.25, -0.2) is 4.79 Å². The molecule has 2 N–H and O–H groups in total. The van der Waals surface area contributed by atoms with Crippen LogP contribution in [0, 0.1) is 5.92 Å². The molecule has 1 atom stereocenters. The van der Waals surface area contributed by atoms with Gasteiger partial charge in [-0.05, 0) is 37.6 Å². The number of hydrogen-bond acceptors (Lipinski definition) is 3. The molecule has 1 aromatic rings. The molecular formula is C19H30N4O2. The van der Waals surface area contributed by atoms with Crippen LogP contribution < -0.4 is 10.6 Å². The van der Waals surface area contributed by atoms with Gasteiger partial charge < -0.3 is 20.4 Å². The van der Waals surface area contributed by atoms with Crippen molar-refractivity contribution < 1.29 is 9.59 Å². The first-order valence-electron chi connectivity index (χ1n) is 8.98. The molecule has 2 rings (SSSR count). The number of rotatable bonds is 5. The van der Waals surface area contributed by atoms with Crippen LogP contribution in [-0.4, -0.2) is 61.0 Å². The van der Waals surface area contributed by atoms with E-state index in [1.165, 1.54) is 0 Å². The highest BCUT2D eigenvalue weighted by Crippen LogP contribution is 2.12. The fraction of sp³-hybridized carbons (Fsp3) is 0.579. The lowest BCUT2D eigenvalue weighted by Gasteiger charge is -2.32. The van der Waals surface area contributed by atoms with Crippen LogP contribution in [0.15, 0.2) is 24.3 Å². The van der Waals surface area contributed by atoms with Gasteiger partial charge >= 0.3 is 6.03 Å². The second-order valence-electron chi connectivity index (χ2n) is 7.19. The van der Waals surface area contributed by atoms with E-state index in [4.69, 9.17) is 0 Å². The van der Waals surface area contributed by atoms with Crippen LogP contribution in [-0.2, 0) is 11.2 Å². The molecule has 1 fully saturated rings. The Morgan fingerprint density at radius 2 is 1.64 bits per heavy atom. The Labute approximate surface area is 150 Å². The normalized spacial score (nSPS) is 16.6. The molecule has 1 aliphatic rings. The fourth-order valence-electron chi connectivity index (χ4n) is 2.59. The number of piperazine rings is 1. The molecule has 25 heavy (non-hydrogen) atoms. The lowest BCUT2D eigenvalue weighted by Crippen LogP contribution is -2.47. The minimum absolute atomic E-state index is 0.112. The van der Waals surface area contributed by atoms with E-state index in [2.05, 4.69) is 36.4 Å². The molecule has 0 radical (unpaired) electrons. The highest BCUT2D eigenvalue weighted by atomic mass is 16.2. The Bertz CT molecular complexity index is 578. The lowest BCUT2D eigenvalue weighted by molar-refractivity contribution is -0.132. The Balaban J connectivity index is 1.83. The summed E-state index contributed by atoms with van der Waals surface area (Å²) >= 11 is 0. The van der Waals surface area contributed by atoms with Crippen LogP contribution >= 0.6 is 0 Å². The van der Waals surface area contributed by atoms with Crippen LogP contribution in [0.4, 0.5) is 10.5 Å². The van der Waals surface area contributed by atoms with Crippen molar-refractivity contribution in [3.8, 4) is 0 Å². The van der Waals surface area contributed by atoms with Gasteiger partial charge in [-0.1, -0.05) is 26.0 Å². The van der Waals surface area contributed by atoms with E-state index in [1.807, 2.05) is 36.1 Å². The summed E-state index contributed by atoms with van der Waals surface area (Å²) in [5.74, 6) is 0.547. The number of carbonyl (C=O) groups excluding carboxylic acids is 2. The number of carbonyl (C=O) groups is 2. The molecule has 1 aromatic carbocycles. The maximum absolute atomic E-state index is 12.3. The average Bonchev–Trinajstić information content (AvgIpc) is 2.57. The zero-order valence-electron chi connectivity index (χ0n) is 15.7. The molecule has 0 unspecified atom stereocenters. The van der Waals surface area contributed by atoms with Gasteiger partial charge in [-0.2, -0.15) is 0 Å². The second-order valence-corrected chi connectivity index (χ2v) is 7.19. The Kier molecular flexibility index (Phi) is 6.82. The molecule has 6 nitrogen and oxygen atoms in total. The Hall–Kier alpha value is -2.08. The zero-order valence-corrected chi connectivity index (χ0v) is 15.7. The molecule has 6 heteroatoms. The van der Waals surface area contributed by atoms with Gasteiger partial charge in [0.1, 0.15) is 0 Å². The van der Waals surface area contributed by atoms with Crippen LogP contribution in [0.2, 0.25) is 0 Å². The minimum atomic E-state index is -0.206. The summed E-state index contributed by atoms with van der Waals surface area (Å²) in [4.78, 5) is 28.4. The van der Waals surface area contributed by atoms with E-state index >= 15 is 0 Å². The average molecular weight is 346 g/mol. The monoisotopic (exact) mass is 346 g/mol. The van der Waals surface area contributed by atoms with E-state index in [9.17, 15) is 9.59 Å². The Morgan fingerprint density at radius 3 is 2.20 bits per heavy atom. The van der Waals surface area contributed by atoms with Crippen molar-refractivity contribution in [2.24, 2.45) is 5.92 Å². The van der Waals surface area contributed by atoms with Gasteiger partial charge in [0.15, 0.2) is 0 Å². The number of likely N-dealkylation sites (N-methyl/N-ethyl adjacent to an activating group) is 1. The van der Waals surface area contributed by atoms with Crippen LogP contribution in [0.1, 0.15) is 26.3 Å². The molecule has 0 bridgehead atoms. The van der Waals surface area contributed by atoms with Gasteiger partial charge in [0.25, 0.3) is 0 Å². The van der Waals surface area contributed by atoms with E-state index in [0.29, 0.717) is 12.3 Å². The molecule has 0 aromatic heterocycles. The highest BCUT2D eigenvalue weighted by molar-refractivity contribution is 5.89. The maximum Gasteiger partial charge on any atom is 0.319 e. The molecule has 3 amide bonds. The van der Waals surface area contributed by atoms with Gasteiger partial charge in [-0.15, -0.1) is 0 Å². The maximum atomic E-state index is 12.3. The van der Waals surface area contributed by atoms with E-state index in [1.54, 1.807) is 0 Å². The number of nitrogens with zero attached hydrogens (tertiary/aromatic N) is 2. The van der Waals surface area contributed by atoms with Crippen LogP contribution in [0.25, 0.3) is 0 Å². The number of urea groups is 1. The Morgan fingerprint density at radius 1 is 1.04 bits per heavy atom. The first-order valence-corrected chi connectivity index (χ1v) is 8.98. The molecular weight excluding hydrogens is 316 g/mol. The zero-order chi connectivity index (χ0) is 18.4. The van der Waals surface area contributed by atoms with E-state index < -0.39 is 0 Å². The quantitative estimate of drug-likeness (QED) is 0.859. The number of nitrogens with one attached hydrogen (secondary N) is 2. The van der Waals surface area contributed by atoms with Gasteiger partial charge in [-0.3, -0.25) is 4.79 Å². The van der Waals surface area contributed by atoms with Crippen molar-refractivity contribution in [3.05, 3.63) is 29.8 Å². The molecule has 0 aliphatic carbocycles. The largest absolute Gasteiger partial charge is 0.340 e. The van der Waals surface area contributed by atoms with Gasteiger partial charge in [0.2, 0.25) is 5.91 Å². The standard InChI is InChI=1S/C19H30N4O2/c1-14(2)15(3)20-19(25)21-17-7-5-16(6-8-17)13-18(24)23-11-9-22(4)10-12-23/h5-8,14-15H,9-13H2,1-4H3,(H2,20,21,25)/t15-/m0/s1. The predicted molar refractivity (Wildman–Crippen MR) is 101 cm³/mol. The third kappa shape index (κ3) is 6.05. The van der Waals surface area contributed by atoms with Crippen LogP contribution in [0.5, 0.6) is 0 Å². The van der Waals surface area contributed by atoms with Crippen molar-refractivity contribution in [2.75, 3.05) is 38.5 Å². The highest BCUT2D eigenvalue weighted by Gasteiger charge is 2.19. The van der Waals surface area contributed by atoms with Gasteiger partial charge in [0, 0.05) is 37.9 Å². The van der Waals surface area contributed by atoms with Crippen molar-refractivity contribution >= 4 is 17.6 Å². The van der Waals surface area contributed by atoms with Crippen molar-refractivity contribution in [1.29, 1.82) is 0 Å². The number of amides is 3. The predicted octanol–water partition coefficient (Wildman–Crippen LogP) is 2.17. The summed E-state index contributed by atoms with van der Waals surface area (Å²) in [6, 6.07) is 7.38. The van der Waals surface area contributed by atoms with Crippen molar-refractivity contribution in [2.45, 2.75) is 33.2 Å². The topological polar surface area (TPSA) is 64.7 Å². The van der Waals surface area contributed by atoms with Crippen LogP contribution in [0.3, 0.4) is 0 Å². The molecule has 1 heterocycles. The molecule has 0 spiro atoms. The van der Waals surface area contributed by atoms with Gasteiger partial charge in [0.05, 0.1) is 6.42 Å². The van der Waals surface area contributed by atoms with Crippen molar-refractivity contribution in [1.82, 2.24) is 15.1 Å². The lowest BCUT2D eigenvalue weighted by atomic mass is 10.1. The smallest absolute Gasteiger partial charge is 0.319 e. The molecule has 1 saturated heterocycles. The summed E-state index contributed by atoms with van der Waals surface area (Å²) < 4.78 is 0. The summed E-state index contributed by atoms with van der Waals surface area (Å²) in [5, 5.41) is 5.73. The second kappa shape index (κ2) is 8.85. The fourth-order valence-corrected chi connectivity index (χ4v) is 2.59. The summed E-state index contributed by atoms with van der Waals surface area (Å²) in [7, 11) is 2.08. The molecule has 1 aliphatic heterocycles.